The predicted molar refractivity (Wildman–Crippen MR) is 76.5 cm³/mol. The van der Waals surface area contributed by atoms with Gasteiger partial charge in [-0.05, 0) is 35.4 Å². The van der Waals surface area contributed by atoms with Crippen molar-refractivity contribution in [3.63, 3.8) is 0 Å². The van der Waals surface area contributed by atoms with Crippen molar-refractivity contribution in [3.05, 3.63) is 57.6 Å². The molecule has 0 unspecified atom stereocenters. The van der Waals surface area contributed by atoms with E-state index in [4.69, 9.17) is 34.8 Å². The van der Waals surface area contributed by atoms with Crippen LogP contribution < -0.4 is 0 Å². The maximum atomic E-state index is 13.1. The molecule has 2 aromatic rings. The van der Waals surface area contributed by atoms with Crippen LogP contribution in [0.4, 0.5) is 13.2 Å². The van der Waals surface area contributed by atoms with E-state index in [-0.39, 0.29) is 22.0 Å². The second kappa shape index (κ2) is 5.84. The summed E-state index contributed by atoms with van der Waals surface area (Å²) in [5.74, 6) is 0.121. The van der Waals surface area contributed by atoms with E-state index >= 15 is 0 Å². The summed E-state index contributed by atoms with van der Waals surface area (Å²) in [6.45, 7) is 0. The topological polar surface area (TPSA) is 0 Å². The van der Waals surface area contributed by atoms with Crippen molar-refractivity contribution in [1.82, 2.24) is 0 Å². The van der Waals surface area contributed by atoms with Gasteiger partial charge in [-0.15, -0.1) is 11.6 Å². The Bertz CT molecular complexity index is 636. The minimum absolute atomic E-state index is 0.00248. The first kappa shape index (κ1) is 15.5. The molecule has 0 saturated carbocycles. The van der Waals surface area contributed by atoms with E-state index in [1.165, 1.54) is 30.3 Å². The Morgan fingerprint density at radius 3 is 2.15 bits per heavy atom. The molecule has 0 saturated heterocycles. The second-order valence-electron chi connectivity index (χ2n) is 4.14. The molecule has 0 atom stereocenters. The van der Waals surface area contributed by atoms with Gasteiger partial charge in [0.05, 0.1) is 5.56 Å². The molecule has 2 aromatic carbocycles. The molecule has 0 N–H and O–H groups in total. The minimum Gasteiger partial charge on any atom is -0.166 e. The van der Waals surface area contributed by atoms with Crippen molar-refractivity contribution in [2.24, 2.45) is 0 Å². The third kappa shape index (κ3) is 3.22. The van der Waals surface area contributed by atoms with E-state index in [0.29, 0.717) is 10.6 Å². The number of rotatable bonds is 2. The number of halogens is 6. The van der Waals surface area contributed by atoms with Crippen molar-refractivity contribution in [1.29, 1.82) is 0 Å². The molecule has 0 heterocycles. The fourth-order valence-electron chi connectivity index (χ4n) is 1.85. The van der Waals surface area contributed by atoms with Gasteiger partial charge in [0.1, 0.15) is 0 Å². The largest absolute Gasteiger partial charge is 0.417 e. The predicted octanol–water partition coefficient (Wildman–Crippen LogP) is 6.42. The summed E-state index contributed by atoms with van der Waals surface area (Å²) in [6, 6.07) is 8.13. The molecule has 0 bridgehead atoms. The quantitative estimate of drug-likeness (QED) is 0.554. The summed E-state index contributed by atoms with van der Waals surface area (Å²) in [5, 5.41) is 0.524. The molecule has 0 fully saturated rings. The summed E-state index contributed by atoms with van der Waals surface area (Å²) >= 11 is 17.4. The molecular formula is C14H8Cl3F3. The summed E-state index contributed by atoms with van der Waals surface area (Å²) in [6.07, 6.45) is -4.47. The smallest absolute Gasteiger partial charge is 0.166 e. The normalized spacial score (nSPS) is 11.7. The zero-order valence-electron chi connectivity index (χ0n) is 9.94. The molecule has 106 valence electrons. The van der Waals surface area contributed by atoms with Crippen LogP contribution in [0.15, 0.2) is 36.4 Å². The van der Waals surface area contributed by atoms with E-state index in [2.05, 4.69) is 0 Å². The van der Waals surface area contributed by atoms with Gasteiger partial charge < -0.3 is 0 Å². The van der Waals surface area contributed by atoms with Gasteiger partial charge in [0, 0.05) is 21.5 Å². The van der Waals surface area contributed by atoms with Gasteiger partial charge in [0.2, 0.25) is 0 Å². The van der Waals surface area contributed by atoms with Crippen LogP contribution in [0.3, 0.4) is 0 Å². The van der Waals surface area contributed by atoms with Crippen molar-refractivity contribution < 1.29 is 13.2 Å². The summed E-state index contributed by atoms with van der Waals surface area (Å²) < 4.78 is 39.2. The summed E-state index contributed by atoms with van der Waals surface area (Å²) in [4.78, 5) is 0. The highest BCUT2D eigenvalue weighted by Gasteiger charge is 2.34. The van der Waals surface area contributed by atoms with Crippen LogP contribution in [0, 0.1) is 0 Å². The Labute approximate surface area is 129 Å². The zero-order chi connectivity index (χ0) is 14.9. The van der Waals surface area contributed by atoms with Crippen LogP contribution in [-0.2, 0) is 12.1 Å². The van der Waals surface area contributed by atoms with Gasteiger partial charge in [-0.3, -0.25) is 0 Å². The van der Waals surface area contributed by atoms with Crippen LogP contribution in [0.1, 0.15) is 11.1 Å². The maximum absolute atomic E-state index is 13.1. The molecule has 0 aliphatic rings. The summed E-state index contributed by atoms with van der Waals surface area (Å²) in [7, 11) is 0. The highest BCUT2D eigenvalue weighted by atomic mass is 35.5. The van der Waals surface area contributed by atoms with Gasteiger partial charge in [-0.1, -0.05) is 35.3 Å². The van der Waals surface area contributed by atoms with Crippen LogP contribution in [0.2, 0.25) is 10.0 Å². The third-order valence-corrected chi connectivity index (χ3v) is 3.62. The second-order valence-corrected chi connectivity index (χ2v) is 5.25. The molecule has 6 heteroatoms. The van der Waals surface area contributed by atoms with Crippen LogP contribution in [0.5, 0.6) is 0 Å². The molecule has 0 spiro atoms. The first-order valence-electron chi connectivity index (χ1n) is 5.54. The number of hydrogen-bond acceptors (Lipinski definition) is 0. The van der Waals surface area contributed by atoms with Gasteiger partial charge in [0.15, 0.2) is 0 Å². The maximum Gasteiger partial charge on any atom is 0.417 e. The Morgan fingerprint density at radius 1 is 0.900 bits per heavy atom. The number of hydrogen-bond donors (Lipinski definition) is 0. The van der Waals surface area contributed by atoms with Crippen LogP contribution in [0.25, 0.3) is 11.1 Å². The molecule has 2 rings (SSSR count). The molecule has 0 aromatic heterocycles. The van der Waals surface area contributed by atoms with E-state index < -0.39 is 11.7 Å². The fraction of sp³-hybridized carbons (Fsp3) is 0.143. The molecule has 0 aliphatic heterocycles. The molecule has 0 amide bonds. The average Bonchev–Trinajstić information content (AvgIpc) is 2.37. The van der Waals surface area contributed by atoms with Gasteiger partial charge >= 0.3 is 6.18 Å². The average molecular weight is 340 g/mol. The lowest BCUT2D eigenvalue weighted by atomic mass is 9.97. The molecular weight excluding hydrogens is 332 g/mol. The fourth-order valence-corrected chi connectivity index (χ4v) is 2.53. The Morgan fingerprint density at radius 2 is 1.60 bits per heavy atom. The minimum atomic E-state index is -4.47. The van der Waals surface area contributed by atoms with Gasteiger partial charge in [-0.2, -0.15) is 13.2 Å². The molecule has 0 nitrogen and oxygen atoms in total. The number of alkyl halides is 4. The standard InChI is InChI=1S/C14H8Cl3F3/c15-7-8-1-4-12(14(18,19)20)11(5-8)10-3-2-9(16)6-13(10)17/h1-6H,7H2. The molecule has 20 heavy (non-hydrogen) atoms. The Hall–Kier alpha value is -0.900. The third-order valence-electron chi connectivity index (χ3n) is 2.76. The van der Waals surface area contributed by atoms with E-state index in [0.717, 1.165) is 6.07 Å². The Balaban J connectivity index is 2.70. The van der Waals surface area contributed by atoms with Crippen molar-refractivity contribution in [3.8, 4) is 11.1 Å². The first-order chi connectivity index (χ1) is 9.32. The molecule has 0 radical (unpaired) electrons. The Kier molecular flexibility index (Phi) is 4.52. The van der Waals surface area contributed by atoms with Crippen molar-refractivity contribution >= 4 is 34.8 Å². The van der Waals surface area contributed by atoms with Gasteiger partial charge in [-0.25, -0.2) is 0 Å². The van der Waals surface area contributed by atoms with E-state index in [1.54, 1.807) is 0 Å². The number of benzene rings is 2. The van der Waals surface area contributed by atoms with E-state index in [9.17, 15) is 13.2 Å². The van der Waals surface area contributed by atoms with Crippen molar-refractivity contribution in [2.45, 2.75) is 12.1 Å². The lowest BCUT2D eigenvalue weighted by molar-refractivity contribution is -0.137. The lowest BCUT2D eigenvalue weighted by Gasteiger charge is -2.15. The van der Waals surface area contributed by atoms with E-state index in [1.807, 2.05) is 0 Å². The molecule has 0 aliphatic carbocycles. The van der Waals surface area contributed by atoms with Crippen molar-refractivity contribution in [2.75, 3.05) is 0 Å². The highest BCUT2D eigenvalue weighted by Crippen LogP contribution is 2.40. The van der Waals surface area contributed by atoms with Crippen LogP contribution >= 0.6 is 34.8 Å². The summed E-state index contributed by atoms with van der Waals surface area (Å²) in [5.41, 5.74) is 0.101. The van der Waals surface area contributed by atoms with Gasteiger partial charge in [0.25, 0.3) is 0 Å². The van der Waals surface area contributed by atoms with Crippen LogP contribution in [-0.4, -0.2) is 0 Å². The lowest BCUT2D eigenvalue weighted by Crippen LogP contribution is -2.07. The first-order valence-corrected chi connectivity index (χ1v) is 6.83. The SMILES string of the molecule is FC(F)(F)c1ccc(CCl)cc1-c1ccc(Cl)cc1Cl. The monoisotopic (exact) mass is 338 g/mol. The highest BCUT2D eigenvalue weighted by molar-refractivity contribution is 6.36. The zero-order valence-corrected chi connectivity index (χ0v) is 12.2.